The molecule has 2 nitrogen and oxygen atoms in total. The number of nitrogens with one attached hydrogen (secondary N) is 1. The van der Waals surface area contributed by atoms with Gasteiger partial charge in [-0.1, -0.05) is 38.1 Å². The first kappa shape index (κ1) is 15.1. The maximum Gasteiger partial charge on any atom is 0.0166 e. The molecule has 0 saturated heterocycles. The molecule has 0 aliphatic heterocycles. The van der Waals surface area contributed by atoms with Gasteiger partial charge in [0, 0.05) is 12.6 Å². The first-order valence-corrected chi connectivity index (χ1v) is 8.78. The maximum atomic E-state index is 3.79. The van der Waals surface area contributed by atoms with Crippen LogP contribution in [-0.4, -0.2) is 37.1 Å². The van der Waals surface area contributed by atoms with Crippen molar-refractivity contribution < 1.29 is 0 Å². The Hall–Kier alpha value is -0.860. The number of nitrogens with zero attached hydrogens (tertiary/aromatic N) is 1. The predicted octanol–water partition coefficient (Wildman–Crippen LogP) is 3.28. The van der Waals surface area contributed by atoms with E-state index in [1.54, 1.807) is 11.1 Å². The fourth-order valence-electron chi connectivity index (χ4n) is 4.26. The molecule has 0 spiro atoms. The van der Waals surface area contributed by atoms with E-state index in [0.29, 0.717) is 6.04 Å². The molecule has 1 saturated carbocycles. The minimum absolute atomic E-state index is 0.600. The Morgan fingerprint density at radius 2 is 2.00 bits per heavy atom. The lowest BCUT2D eigenvalue weighted by Gasteiger charge is -2.23. The molecule has 3 rings (SSSR count). The molecule has 1 fully saturated rings. The molecule has 1 N–H and O–H groups in total. The van der Waals surface area contributed by atoms with E-state index >= 15 is 0 Å². The maximum absolute atomic E-state index is 3.79. The van der Waals surface area contributed by atoms with Crippen LogP contribution < -0.4 is 5.32 Å². The molecule has 0 bridgehead atoms. The molecule has 21 heavy (non-hydrogen) atoms. The highest BCUT2D eigenvalue weighted by molar-refractivity contribution is 5.39. The van der Waals surface area contributed by atoms with Gasteiger partial charge < -0.3 is 10.2 Å². The molecule has 1 aromatic carbocycles. The summed E-state index contributed by atoms with van der Waals surface area (Å²) in [7, 11) is 0. The third kappa shape index (κ3) is 3.17. The molecule has 2 aliphatic rings. The molecule has 1 aromatic rings. The van der Waals surface area contributed by atoms with Gasteiger partial charge in [-0.3, -0.25) is 0 Å². The summed E-state index contributed by atoms with van der Waals surface area (Å²) in [6.45, 7) is 11.5. The average Bonchev–Trinajstić information content (AvgIpc) is 3.24. The van der Waals surface area contributed by atoms with E-state index < -0.39 is 0 Å². The van der Waals surface area contributed by atoms with Crippen LogP contribution in [0, 0.1) is 11.8 Å². The van der Waals surface area contributed by atoms with Crippen LogP contribution in [0.2, 0.25) is 0 Å². The van der Waals surface area contributed by atoms with E-state index in [9.17, 15) is 0 Å². The average molecular weight is 286 g/mol. The van der Waals surface area contributed by atoms with Crippen LogP contribution >= 0.6 is 0 Å². The van der Waals surface area contributed by atoms with Gasteiger partial charge in [-0.15, -0.1) is 0 Å². The van der Waals surface area contributed by atoms with Crippen molar-refractivity contribution in [2.45, 2.75) is 45.6 Å². The SMILES string of the molecule is CCN(CC)CC(C)NCC1C2CCc3ccccc3C21. The molecule has 0 amide bonds. The van der Waals surface area contributed by atoms with E-state index in [1.807, 2.05) is 0 Å². The van der Waals surface area contributed by atoms with E-state index in [0.717, 1.165) is 30.8 Å². The van der Waals surface area contributed by atoms with Crippen LogP contribution in [0.3, 0.4) is 0 Å². The van der Waals surface area contributed by atoms with Crippen LogP contribution in [0.1, 0.15) is 44.2 Å². The Morgan fingerprint density at radius 1 is 1.24 bits per heavy atom. The van der Waals surface area contributed by atoms with Crippen LogP contribution in [0.15, 0.2) is 24.3 Å². The lowest BCUT2D eigenvalue weighted by molar-refractivity contribution is 0.269. The van der Waals surface area contributed by atoms with Crippen LogP contribution in [0.4, 0.5) is 0 Å². The summed E-state index contributed by atoms with van der Waals surface area (Å²) < 4.78 is 0. The minimum Gasteiger partial charge on any atom is -0.313 e. The molecule has 4 unspecified atom stereocenters. The van der Waals surface area contributed by atoms with Crippen molar-refractivity contribution in [3.63, 3.8) is 0 Å². The second kappa shape index (κ2) is 6.50. The molecule has 2 aliphatic carbocycles. The summed E-state index contributed by atoms with van der Waals surface area (Å²) in [5.74, 6) is 2.68. The Bertz CT molecular complexity index is 466. The summed E-state index contributed by atoms with van der Waals surface area (Å²) in [5, 5.41) is 3.79. The lowest BCUT2D eigenvalue weighted by Crippen LogP contribution is -2.40. The van der Waals surface area contributed by atoms with Crippen molar-refractivity contribution in [2.75, 3.05) is 26.2 Å². The van der Waals surface area contributed by atoms with Gasteiger partial charge >= 0.3 is 0 Å². The predicted molar refractivity (Wildman–Crippen MR) is 89.7 cm³/mol. The summed E-state index contributed by atoms with van der Waals surface area (Å²) in [6, 6.07) is 9.71. The van der Waals surface area contributed by atoms with Crippen molar-refractivity contribution in [3.05, 3.63) is 35.4 Å². The second-order valence-electron chi connectivity index (χ2n) is 6.89. The fourth-order valence-corrected chi connectivity index (χ4v) is 4.26. The molecule has 116 valence electrons. The van der Waals surface area contributed by atoms with Gasteiger partial charge in [0.15, 0.2) is 0 Å². The number of fused-ring (bicyclic) bond motifs is 3. The largest absolute Gasteiger partial charge is 0.313 e. The van der Waals surface area contributed by atoms with Crippen molar-refractivity contribution >= 4 is 0 Å². The summed E-state index contributed by atoms with van der Waals surface area (Å²) in [5.41, 5.74) is 3.26. The molecule has 2 heteroatoms. The summed E-state index contributed by atoms with van der Waals surface area (Å²) >= 11 is 0. The highest BCUT2D eigenvalue weighted by Crippen LogP contribution is 2.59. The van der Waals surface area contributed by atoms with E-state index in [-0.39, 0.29) is 0 Å². The van der Waals surface area contributed by atoms with Gasteiger partial charge in [0.2, 0.25) is 0 Å². The van der Waals surface area contributed by atoms with Gasteiger partial charge in [-0.2, -0.15) is 0 Å². The summed E-state index contributed by atoms with van der Waals surface area (Å²) in [4.78, 5) is 2.51. The van der Waals surface area contributed by atoms with Gasteiger partial charge in [-0.25, -0.2) is 0 Å². The number of likely N-dealkylation sites (N-methyl/N-ethyl adjacent to an activating group) is 1. The van der Waals surface area contributed by atoms with Crippen molar-refractivity contribution in [1.29, 1.82) is 0 Å². The van der Waals surface area contributed by atoms with Crippen LogP contribution in [0.25, 0.3) is 0 Å². The first-order valence-electron chi connectivity index (χ1n) is 8.78. The topological polar surface area (TPSA) is 15.3 Å². The number of benzene rings is 1. The Kier molecular flexibility index (Phi) is 4.66. The van der Waals surface area contributed by atoms with E-state index in [1.165, 1.54) is 25.9 Å². The van der Waals surface area contributed by atoms with Gasteiger partial charge in [-0.05, 0) is 68.3 Å². The van der Waals surface area contributed by atoms with Crippen LogP contribution in [-0.2, 0) is 6.42 Å². The quantitative estimate of drug-likeness (QED) is 0.827. The molecule has 0 aromatic heterocycles. The van der Waals surface area contributed by atoms with Crippen LogP contribution in [0.5, 0.6) is 0 Å². The Balaban J connectivity index is 1.50. The highest BCUT2D eigenvalue weighted by atomic mass is 15.1. The zero-order chi connectivity index (χ0) is 14.8. The Labute approximate surface area is 129 Å². The highest BCUT2D eigenvalue weighted by Gasteiger charge is 2.52. The van der Waals surface area contributed by atoms with Crippen molar-refractivity contribution in [1.82, 2.24) is 10.2 Å². The molecular formula is C19H30N2. The number of hydrogen-bond acceptors (Lipinski definition) is 2. The third-order valence-electron chi connectivity index (χ3n) is 5.62. The number of rotatable bonds is 7. The molecule has 0 radical (unpaired) electrons. The third-order valence-corrected chi connectivity index (χ3v) is 5.62. The van der Waals surface area contributed by atoms with Crippen molar-refractivity contribution in [3.8, 4) is 0 Å². The summed E-state index contributed by atoms with van der Waals surface area (Å²) in [6.07, 6.45) is 2.70. The zero-order valence-electron chi connectivity index (χ0n) is 13.8. The smallest absolute Gasteiger partial charge is 0.0166 e. The monoisotopic (exact) mass is 286 g/mol. The number of hydrogen-bond donors (Lipinski definition) is 1. The van der Waals surface area contributed by atoms with Gasteiger partial charge in [0.1, 0.15) is 0 Å². The molecular weight excluding hydrogens is 256 g/mol. The van der Waals surface area contributed by atoms with Crippen molar-refractivity contribution in [2.24, 2.45) is 11.8 Å². The molecule has 4 atom stereocenters. The van der Waals surface area contributed by atoms with E-state index in [2.05, 4.69) is 55.3 Å². The standard InChI is InChI=1S/C19H30N2/c1-4-21(5-2)13-14(3)20-12-18-17-11-10-15-8-6-7-9-16(15)19(17)18/h6-9,14,17-20H,4-5,10-13H2,1-3H3. The fraction of sp³-hybridized carbons (Fsp3) is 0.684. The molecule has 0 heterocycles. The minimum atomic E-state index is 0.600. The van der Waals surface area contributed by atoms with Gasteiger partial charge in [0.05, 0.1) is 0 Å². The second-order valence-corrected chi connectivity index (χ2v) is 6.89. The number of aryl methyl sites for hydroxylation is 1. The van der Waals surface area contributed by atoms with E-state index in [4.69, 9.17) is 0 Å². The van der Waals surface area contributed by atoms with Gasteiger partial charge in [0.25, 0.3) is 0 Å². The first-order chi connectivity index (χ1) is 10.2. The zero-order valence-corrected chi connectivity index (χ0v) is 13.8. The normalized spacial score (nSPS) is 28.1. The lowest BCUT2D eigenvalue weighted by atomic mass is 9.92. The Morgan fingerprint density at radius 3 is 2.76 bits per heavy atom.